The Morgan fingerprint density at radius 3 is 2.27 bits per heavy atom. The van der Waals surface area contributed by atoms with Crippen LogP contribution < -0.4 is 4.74 Å². The fraction of sp³-hybridized carbons (Fsp3) is 0.250. The van der Waals surface area contributed by atoms with Gasteiger partial charge in [0.25, 0.3) is 0 Å². The van der Waals surface area contributed by atoms with Crippen molar-refractivity contribution >= 4 is 40.1 Å². The predicted molar refractivity (Wildman–Crippen MR) is 90.0 cm³/mol. The first-order valence-electron chi connectivity index (χ1n) is 6.51. The second-order valence-electron chi connectivity index (χ2n) is 5.23. The summed E-state index contributed by atoms with van der Waals surface area (Å²) in [6.07, 6.45) is 1.59. The molecule has 0 fully saturated rings. The number of ether oxygens (including phenoxy) is 1. The van der Waals surface area contributed by atoms with Crippen molar-refractivity contribution in [2.24, 2.45) is 5.41 Å². The Kier molecular flexibility index (Phi) is 4.60. The first kappa shape index (κ1) is 16.5. The highest BCUT2D eigenvalue weighted by Gasteiger charge is 2.43. The van der Waals surface area contributed by atoms with Gasteiger partial charge in [0.15, 0.2) is 0 Å². The van der Waals surface area contributed by atoms with E-state index in [2.05, 4.69) is 0 Å². The maximum Gasteiger partial charge on any atom is 0.332 e. The molecule has 5 nitrogen and oxygen atoms in total. The Labute approximate surface area is 141 Å². The van der Waals surface area contributed by atoms with Crippen molar-refractivity contribution in [1.29, 1.82) is 0 Å². The van der Waals surface area contributed by atoms with Crippen LogP contribution in [-0.4, -0.2) is 29.3 Å². The maximum atomic E-state index is 11.8. The average molecular weight is 414 g/mol. The third-order valence-electron chi connectivity index (χ3n) is 3.82. The minimum absolute atomic E-state index is 0.0478. The molecule has 1 aromatic rings. The van der Waals surface area contributed by atoms with Crippen LogP contribution in [0.5, 0.6) is 5.75 Å². The molecule has 0 aliphatic heterocycles. The average Bonchev–Trinajstić information content (AvgIpc) is 2.49. The minimum Gasteiger partial charge on any atom is -0.497 e. The molecule has 22 heavy (non-hydrogen) atoms. The molecule has 0 radical (unpaired) electrons. The molecule has 1 aliphatic rings. The molecule has 2 N–H and O–H groups in total. The third kappa shape index (κ3) is 2.87. The van der Waals surface area contributed by atoms with Crippen LogP contribution in [-0.2, 0) is 9.59 Å². The van der Waals surface area contributed by atoms with E-state index >= 15 is 0 Å². The van der Waals surface area contributed by atoms with Crippen LogP contribution in [0.25, 0.3) is 5.57 Å². The van der Waals surface area contributed by atoms with Gasteiger partial charge >= 0.3 is 11.9 Å². The molecule has 0 saturated carbocycles. The summed E-state index contributed by atoms with van der Waals surface area (Å²) in [5.74, 6) is -1.45. The number of carbonyl (C=O) groups is 2. The van der Waals surface area contributed by atoms with E-state index in [-0.39, 0.29) is 12.0 Å². The van der Waals surface area contributed by atoms with Crippen molar-refractivity contribution in [3.63, 3.8) is 0 Å². The predicted octanol–water partition coefficient (Wildman–Crippen LogP) is 3.35. The third-order valence-corrected chi connectivity index (χ3v) is 4.78. The van der Waals surface area contributed by atoms with E-state index in [4.69, 9.17) is 4.74 Å². The number of hydrogen-bond acceptors (Lipinski definition) is 3. The molecule has 0 heterocycles. The van der Waals surface area contributed by atoms with Gasteiger partial charge in [-0.3, -0.25) is 4.79 Å². The number of carboxylic acid groups (broad SMARTS) is 2. The number of halogens is 1. The zero-order valence-electron chi connectivity index (χ0n) is 12.1. The number of allylic oxidation sites excluding steroid dienone is 2. The summed E-state index contributed by atoms with van der Waals surface area (Å²) in [7, 11) is 1.56. The van der Waals surface area contributed by atoms with Crippen LogP contribution in [0.4, 0.5) is 0 Å². The van der Waals surface area contributed by atoms with Gasteiger partial charge in [0.2, 0.25) is 0 Å². The molecule has 6 heteroatoms. The van der Waals surface area contributed by atoms with E-state index < -0.39 is 17.4 Å². The number of aliphatic carboxylic acids is 2. The lowest BCUT2D eigenvalue weighted by atomic mass is 9.71. The van der Waals surface area contributed by atoms with Gasteiger partial charge in [-0.2, -0.15) is 0 Å². The monoisotopic (exact) mass is 414 g/mol. The zero-order valence-corrected chi connectivity index (χ0v) is 14.2. The van der Waals surface area contributed by atoms with Crippen LogP contribution in [0, 0.1) is 5.41 Å². The molecule has 2 rings (SSSR count). The largest absolute Gasteiger partial charge is 0.497 e. The van der Waals surface area contributed by atoms with E-state index in [1.165, 1.54) is 0 Å². The lowest BCUT2D eigenvalue weighted by Gasteiger charge is -2.32. The molecule has 116 valence electrons. The minimum atomic E-state index is -1.28. The molecule has 1 atom stereocenters. The van der Waals surface area contributed by atoms with Crippen LogP contribution in [0.15, 0.2) is 39.5 Å². The quantitative estimate of drug-likeness (QED) is 0.739. The lowest BCUT2D eigenvalue weighted by molar-refractivity contribution is -0.144. The molecule has 0 saturated heterocycles. The number of methoxy groups -OCH3 is 1. The van der Waals surface area contributed by atoms with Crippen LogP contribution in [0.3, 0.4) is 0 Å². The Bertz CT molecular complexity index is 687. The first-order valence-corrected chi connectivity index (χ1v) is 7.59. The Morgan fingerprint density at radius 2 is 1.82 bits per heavy atom. The van der Waals surface area contributed by atoms with Crippen LogP contribution in [0.1, 0.15) is 18.9 Å². The molecule has 0 spiro atoms. The fourth-order valence-electron chi connectivity index (χ4n) is 2.45. The number of hydrogen-bond donors (Lipinski definition) is 2. The maximum absolute atomic E-state index is 11.8. The van der Waals surface area contributed by atoms with Gasteiger partial charge in [-0.1, -0.05) is 12.1 Å². The lowest BCUT2D eigenvalue weighted by Crippen LogP contribution is -2.33. The summed E-state index contributed by atoms with van der Waals surface area (Å²) in [5.41, 5.74) is 0.181. The molecule has 0 amide bonds. The van der Waals surface area contributed by atoms with Gasteiger partial charge in [-0.25, -0.2) is 4.79 Å². The van der Waals surface area contributed by atoms with E-state index in [1.54, 1.807) is 44.4 Å². The Hall–Kier alpha value is -1.83. The zero-order chi connectivity index (χ0) is 16.5. The SMILES string of the molecule is COc1ccc(C2=CC(I)=C(C(=O)O)CC2(C)C(=O)O)cc1. The summed E-state index contributed by atoms with van der Waals surface area (Å²) in [4.78, 5) is 23.1. The van der Waals surface area contributed by atoms with E-state index in [1.807, 2.05) is 22.6 Å². The van der Waals surface area contributed by atoms with Gasteiger partial charge in [0, 0.05) is 10.0 Å². The van der Waals surface area contributed by atoms with Crippen molar-refractivity contribution < 1.29 is 24.5 Å². The van der Waals surface area contributed by atoms with Crippen molar-refractivity contribution in [3.05, 3.63) is 45.1 Å². The summed E-state index contributed by atoms with van der Waals surface area (Å²) >= 11 is 1.93. The van der Waals surface area contributed by atoms with Gasteiger partial charge < -0.3 is 14.9 Å². The fourth-order valence-corrected chi connectivity index (χ4v) is 3.18. The second kappa shape index (κ2) is 6.12. The molecule has 1 aromatic carbocycles. The standard InChI is InChI=1S/C16H15IO5/c1-16(15(20)21)8-11(14(18)19)13(17)7-12(16)9-3-5-10(22-2)6-4-9/h3-7H,8H2,1-2H3,(H,18,19)(H,20,21). The highest BCUT2D eigenvalue weighted by Crippen LogP contribution is 2.46. The van der Waals surface area contributed by atoms with E-state index in [9.17, 15) is 19.8 Å². The topological polar surface area (TPSA) is 83.8 Å². The summed E-state index contributed by atoms with van der Waals surface area (Å²) in [5, 5.41) is 18.9. The number of benzene rings is 1. The molecule has 1 aliphatic carbocycles. The van der Waals surface area contributed by atoms with Crippen molar-refractivity contribution in [2.45, 2.75) is 13.3 Å². The van der Waals surface area contributed by atoms with Gasteiger partial charge in [-0.15, -0.1) is 0 Å². The van der Waals surface area contributed by atoms with Crippen molar-refractivity contribution in [1.82, 2.24) is 0 Å². The van der Waals surface area contributed by atoms with Gasteiger partial charge in [-0.05, 0) is 58.9 Å². The van der Waals surface area contributed by atoms with Crippen LogP contribution in [0.2, 0.25) is 0 Å². The smallest absolute Gasteiger partial charge is 0.332 e. The Balaban J connectivity index is 2.59. The highest BCUT2D eigenvalue weighted by atomic mass is 127. The first-order chi connectivity index (χ1) is 10.3. The summed E-state index contributed by atoms with van der Waals surface area (Å²) in [6, 6.07) is 7.06. The Morgan fingerprint density at radius 1 is 1.23 bits per heavy atom. The molecule has 1 unspecified atom stereocenters. The number of rotatable bonds is 4. The molecular weight excluding hydrogens is 399 g/mol. The normalized spacial score (nSPS) is 21.3. The van der Waals surface area contributed by atoms with Crippen molar-refractivity contribution in [2.75, 3.05) is 7.11 Å². The summed E-state index contributed by atoms with van der Waals surface area (Å²) < 4.78 is 5.65. The molecular formula is C16H15IO5. The second-order valence-corrected chi connectivity index (χ2v) is 6.39. The number of carboxylic acids is 2. The van der Waals surface area contributed by atoms with Crippen molar-refractivity contribution in [3.8, 4) is 5.75 Å². The van der Waals surface area contributed by atoms with Crippen LogP contribution >= 0.6 is 22.6 Å². The van der Waals surface area contributed by atoms with E-state index in [0.29, 0.717) is 14.9 Å². The summed E-state index contributed by atoms with van der Waals surface area (Å²) in [6.45, 7) is 1.55. The van der Waals surface area contributed by atoms with Gasteiger partial charge in [0.05, 0.1) is 18.1 Å². The van der Waals surface area contributed by atoms with E-state index in [0.717, 1.165) is 5.56 Å². The van der Waals surface area contributed by atoms with Gasteiger partial charge in [0.1, 0.15) is 5.75 Å². The molecule has 0 aromatic heterocycles. The highest BCUT2D eigenvalue weighted by molar-refractivity contribution is 14.1. The molecule has 0 bridgehead atoms.